The van der Waals surface area contributed by atoms with Crippen molar-refractivity contribution in [1.82, 2.24) is 9.80 Å². The standard InChI is InChI=1S/C13H16FN3O3/c1-16-4-6-17(7-5-16)13(20)15-11-8-9(14)2-3-10(11)12(18)19/h2-3,8H,4-7H2,1H3,(H,15,20)(H,18,19). The number of hydrogen-bond acceptors (Lipinski definition) is 3. The third kappa shape index (κ3) is 3.24. The zero-order chi connectivity index (χ0) is 14.7. The minimum absolute atomic E-state index is 0.0265. The maximum atomic E-state index is 13.2. The lowest BCUT2D eigenvalue weighted by atomic mass is 10.1. The number of carboxylic acids is 1. The third-order valence-corrected chi connectivity index (χ3v) is 3.24. The molecule has 20 heavy (non-hydrogen) atoms. The van der Waals surface area contributed by atoms with E-state index in [2.05, 4.69) is 10.2 Å². The highest BCUT2D eigenvalue weighted by Gasteiger charge is 2.21. The van der Waals surface area contributed by atoms with Crippen LogP contribution in [0.1, 0.15) is 10.4 Å². The van der Waals surface area contributed by atoms with Crippen LogP contribution in [0, 0.1) is 5.82 Å². The van der Waals surface area contributed by atoms with E-state index < -0.39 is 17.8 Å². The van der Waals surface area contributed by atoms with E-state index in [1.165, 1.54) is 0 Å². The first-order valence-electron chi connectivity index (χ1n) is 6.24. The van der Waals surface area contributed by atoms with Crippen LogP contribution in [0.5, 0.6) is 0 Å². The van der Waals surface area contributed by atoms with E-state index in [1.807, 2.05) is 7.05 Å². The van der Waals surface area contributed by atoms with Crippen molar-refractivity contribution in [3.8, 4) is 0 Å². The van der Waals surface area contributed by atoms with Gasteiger partial charge in [-0.15, -0.1) is 0 Å². The molecule has 0 saturated carbocycles. The number of aromatic carboxylic acids is 1. The zero-order valence-electron chi connectivity index (χ0n) is 11.1. The van der Waals surface area contributed by atoms with Gasteiger partial charge in [-0.3, -0.25) is 0 Å². The Labute approximate surface area is 115 Å². The predicted octanol–water partition coefficient (Wildman–Crippen LogP) is 1.30. The molecule has 7 heteroatoms. The number of amides is 2. The van der Waals surface area contributed by atoms with E-state index in [-0.39, 0.29) is 11.3 Å². The number of carbonyl (C=O) groups is 2. The van der Waals surface area contributed by atoms with Gasteiger partial charge in [0.2, 0.25) is 0 Å². The van der Waals surface area contributed by atoms with Crippen LogP contribution in [-0.2, 0) is 0 Å². The summed E-state index contributed by atoms with van der Waals surface area (Å²) in [5.74, 6) is -1.80. The molecular formula is C13H16FN3O3. The van der Waals surface area contributed by atoms with Gasteiger partial charge in [0.25, 0.3) is 0 Å². The van der Waals surface area contributed by atoms with Crippen molar-refractivity contribution in [2.75, 3.05) is 38.5 Å². The van der Waals surface area contributed by atoms with Crippen molar-refractivity contribution in [3.63, 3.8) is 0 Å². The number of rotatable bonds is 2. The van der Waals surface area contributed by atoms with Gasteiger partial charge in [0.1, 0.15) is 5.82 Å². The highest BCUT2D eigenvalue weighted by molar-refractivity contribution is 6.00. The first-order chi connectivity index (χ1) is 9.47. The molecule has 1 saturated heterocycles. The molecular weight excluding hydrogens is 265 g/mol. The van der Waals surface area contributed by atoms with E-state index in [0.29, 0.717) is 13.1 Å². The van der Waals surface area contributed by atoms with Crippen molar-refractivity contribution in [2.45, 2.75) is 0 Å². The van der Waals surface area contributed by atoms with Crippen LogP contribution in [-0.4, -0.2) is 60.1 Å². The number of halogens is 1. The van der Waals surface area contributed by atoms with Crippen LogP contribution in [0.2, 0.25) is 0 Å². The number of anilines is 1. The van der Waals surface area contributed by atoms with Crippen LogP contribution in [0.15, 0.2) is 18.2 Å². The molecule has 1 aromatic carbocycles. The first-order valence-corrected chi connectivity index (χ1v) is 6.24. The number of nitrogens with one attached hydrogen (secondary N) is 1. The van der Waals surface area contributed by atoms with E-state index >= 15 is 0 Å². The summed E-state index contributed by atoms with van der Waals surface area (Å²) in [4.78, 5) is 26.8. The van der Waals surface area contributed by atoms with Crippen LogP contribution in [0.4, 0.5) is 14.9 Å². The molecule has 2 rings (SSSR count). The van der Waals surface area contributed by atoms with Gasteiger partial charge in [0.05, 0.1) is 11.3 Å². The normalized spacial score (nSPS) is 16.0. The second kappa shape index (κ2) is 5.87. The summed E-state index contributed by atoms with van der Waals surface area (Å²) in [5, 5.41) is 11.5. The molecule has 2 amide bonds. The smallest absolute Gasteiger partial charge is 0.337 e. The summed E-state index contributed by atoms with van der Waals surface area (Å²) in [5.41, 5.74) is -0.157. The van der Waals surface area contributed by atoms with Crippen molar-refractivity contribution in [3.05, 3.63) is 29.6 Å². The molecule has 0 atom stereocenters. The third-order valence-electron chi connectivity index (χ3n) is 3.24. The largest absolute Gasteiger partial charge is 0.478 e. The number of urea groups is 1. The molecule has 0 aliphatic carbocycles. The van der Waals surface area contributed by atoms with Gasteiger partial charge in [-0.05, 0) is 25.2 Å². The van der Waals surface area contributed by atoms with Gasteiger partial charge in [-0.1, -0.05) is 0 Å². The van der Waals surface area contributed by atoms with Gasteiger partial charge in [0, 0.05) is 26.2 Å². The minimum Gasteiger partial charge on any atom is -0.478 e. The van der Waals surface area contributed by atoms with Crippen LogP contribution < -0.4 is 5.32 Å². The second-order valence-corrected chi connectivity index (χ2v) is 4.72. The quantitative estimate of drug-likeness (QED) is 0.857. The molecule has 0 bridgehead atoms. The Hall–Kier alpha value is -2.15. The summed E-state index contributed by atoms with van der Waals surface area (Å²) in [7, 11) is 1.96. The Kier molecular flexibility index (Phi) is 4.19. The highest BCUT2D eigenvalue weighted by atomic mass is 19.1. The number of piperazine rings is 1. The summed E-state index contributed by atoms with van der Waals surface area (Å²) < 4.78 is 13.2. The summed E-state index contributed by atoms with van der Waals surface area (Å²) in [6.45, 7) is 2.62. The average molecular weight is 281 g/mol. The molecule has 2 N–H and O–H groups in total. The van der Waals surface area contributed by atoms with Crippen molar-refractivity contribution in [1.29, 1.82) is 0 Å². The fraction of sp³-hybridized carbons (Fsp3) is 0.385. The van der Waals surface area contributed by atoms with Gasteiger partial charge >= 0.3 is 12.0 Å². The Morgan fingerprint density at radius 1 is 1.25 bits per heavy atom. The molecule has 1 fully saturated rings. The highest BCUT2D eigenvalue weighted by Crippen LogP contribution is 2.18. The van der Waals surface area contributed by atoms with Gasteiger partial charge in [-0.25, -0.2) is 14.0 Å². The molecule has 1 aromatic rings. The Bertz CT molecular complexity index is 528. The molecule has 6 nitrogen and oxygen atoms in total. The Morgan fingerprint density at radius 2 is 1.90 bits per heavy atom. The maximum Gasteiger partial charge on any atom is 0.337 e. The van der Waals surface area contributed by atoms with E-state index in [9.17, 15) is 14.0 Å². The van der Waals surface area contributed by atoms with Crippen LogP contribution in [0.25, 0.3) is 0 Å². The average Bonchev–Trinajstić information content (AvgIpc) is 2.39. The number of carbonyl (C=O) groups excluding carboxylic acids is 1. The summed E-state index contributed by atoms with van der Waals surface area (Å²) >= 11 is 0. The number of benzene rings is 1. The lowest BCUT2D eigenvalue weighted by Gasteiger charge is -2.32. The van der Waals surface area contributed by atoms with Crippen LogP contribution in [0.3, 0.4) is 0 Å². The Morgan fingerprint density at radius 3 is 2.50 bits per heavy atom. The van der Waals surface area contributed by atoms with E-state index in [1.54, 1.807) is 4.90 Å². The molecule has 1 aliphatic heterocycles. The van der Waals surface area contributed by atoms with Crippen molar-refractivity contribution < 1.29 is 19.1 Å². The fourth-order valence-electron chi connectivity index (χ4n) is 2.01. The molecule has 108 valence electrons. The number of carboxylic acid groups (broad SMARTS) is 1. The molecule has 0 unspecified atom stereocenters. The number of nitrogens with zero attached hydrogens (tertiary/aromatic N) is 2. The summed E-state index contributed by atoms with van der Waals surface area (Å²) in [6, 6.07) is 2.79. The number of hydrogen-bond donors (Lipinski definition) is 2. The van der Waals surface area contributed by atoms with E-state index in [4.69, 9.17) is 5.11 Å². The van der Waals surface area contributed by atoms with Crippen molar-refractivity contribution in [2.24, 2.45) is 0 Å². The lowest BCUT2D eigenvalue weighted by Crippen LogP contribution is -2.48. The fourth-order valence-corrected chi connectivity index (χ4v) is 2.01. The van der Waals surface area contributed by atoms with E-state index in [0.717, 1.165) is 31.3 Å². The lowest BCUT2D eigenvalue weighted by molar-refractivity contribution is 0.0698. The van der Waals surface area contributed by atoms with Gasteiger partial charge < -0.3 is 20.2 Å². The SMILES string of the molecule is CN1CCN(C(=O)Nc2cc(F)ccc2C(=O)O)CC1. The maximum absolute atomic E-state index is 13.2. The van der Waals surface area contributed by atoms with Gasteiger partial charge in [-0.2, -0.15) is 0 Å². The molecule has 0 spiro atoms. The van der Waals surface area contributed by atoms with Crippen LogP contribution >= 0.6 is 0 Å². The molecule has 1 heterocycles. The van der Waals surface area contributed by atoms with Crippen molar-refractivity contribution >= 4 is 17.7 Å². The molecule has 1 aliphatic rings. The van der Waals surface area contributed by atoms with Gasteiger partial charge in [0.15, 0.2) is 0 Å². The zero-order valence-corrected chi connectivity index (χ0v) is 11.1. The monoisotopic (exact) mass is 281 g/mol. The first kappa shape index (κ1) is 14.3. The predicted molar refractivity (Wildman–Crippen MR) is 71.4 cm³/mol. The molecule has 0 aromatic heterocycles. The summed E-state index contributed by atoms with van der Waals surface area (Å²) in [6.07, 6.45) is 0. The minimum atomic E-state index is -1.21. The number of likely N-dealkylation sites (N-methyl/N-ethyl adjacent to an activating group) is 1. The Balaban J connectivity index is 2.11. The molecule has 0 radical (unpaired) electrons. The topological polar surface area (TPSA) is 72.9 Å². The second-order valence-electron chi connectivity index (χ2n) is 4.72.